The topological polar surface area (TPSA) is 62.3 Å². The third-order valence-electron chi connectivity index (χ3n) is 4.47. The molecule has 1 aromatic carbocycles. The molecule has 2 aliphatic heterocycles. The molecule has 4 rings (SSSR count). The summed E-state index contributed by atoms with van der Waals surface area (Å²) in [5, 5.41) is 2.91. The number of anilines is 1. The van der Waals surface area contributed by atoms with E-state index in [1.165, 1.54) is 0 Å². The predicted octanol–water partition coefficient (Wildman–Crippen LogP) is 1.85. The lowest BCUT2D eigenvalue weighted by Gasteiger charge is -2.25. The molecule has 0 atom stereocenters. The van der Waals surface area contributed by atoms with E-state index in [1.807, 2.05) is 35.2 Å². The van der Waals surface area contributed by atoms with Crippen LogP contribution in [0.3, 0.4) is 0 Å². The lowest BCUT2D eigenvalue weighted by atomic mass is 9.96. The molecule has 2 amide bonds. The Morgan fingerprint density at radius 1 is 1.17 bits per heavy atom. The van der Waals surface area contributed by atoms with Gasteiger partial charge < -0.3 is 10.2 Å². The summed E-state index contributed by atoms with van der Waals surface area (Å²) < 4.78 is 0. The molecule has 3 heterocycles. The smallest absolute Gasteiger partial charge is 0.251 e. The summed E-state index contributed by atoms with van der Waals surface area (Å²) in [6.45, 7) is 1.15. The fourth-order valence-corrected chi connectivity index (χ4v) is 3.36. The van der Waals surface area contributed by atoms with Gasteiger partial charge in [0.15, 0.2) is 0 Å². The molecule has 0 saturated heterocycles. The lowest BCUT2D eigenvalue weighted by molar-refractivity contribution is -0.118. The van der Waals surface area contributed by atoms with Crippen LogP contribution in [0.5, 0.6) is 0 Å². The van der Waals surface area contributed by atoms with Crippen molar-refractivity contribution in [1.29, 1.82) is 0 Å². The number of carbonyl (C=O) groups is 2. The van der Waals surface area contributed by atoms with Crippen molar-refractivity contribution in [1.82, 2.24) is 10.3 Å². The highest BCUT2D eigenvalue weighted by molar-refractivity contribution is 6.01. The minimum absolute atomic E-state index is 0.0925. The highest BCUT2D eigenvalue weighted by atomic mass is 16.2. The molecule has 116 valence electrons. The summed E-state index contributed by atoms with van der Waals surface area (Å²) in [5.74, 6) is 0.105. The van der Waals surface area contributed by atoms with Crippen molar-refractivity contribution in [2.24, 2.45) is 0 Å². The van der Waals surface area contributed by atoms with Gasteiger partial charge in [0, 0.05) is 24.7 Å². The molecule has 0 aliphatic carbocycles. The van der Waals surface area contributed by atoms with Crippen LogP contribution in [0, 0.1) is 0 Å². The molecule has 0 unspecified atom stereocenters. The van der Waals surface area contributed by atoms with Crippen LogP contribution in [-0.2, 0) is 24.2 Å². The van der Waals surface area contributed by atoms with E-state index < -0.39 is 0 Å². The maximum atomic E-state index is 12.4. The van der Waals surface area contributed by atoms with Gasteiger partial charge >= 0.3 is 0 Å². The second-order valence-electron chi connectivity index (χ2n) is 5.94. The van der Waals surface area contributed by atoms with Gasteiger partial charge in [-0.05, 0) is 48.2 Å². The van der Waals surface area contributed by atoms with E-state index >= 15 is 0 Å². The van der Waals surface area contributed by atoms with Crippen LogP contribution in [0.25, 0.3) is 0 Å². The lowest BCUT2D eigenvalue weighted by Crippen LogP contribution is -2.33. The van der Waals surface area contributed by atoms with Crippen LogP contribution in [0.1, 0.15) is 33.6 Å². The number of nitrogens with one attached hydrogen (secondary N) is 1. The molecule has 5 nitrogen and oxygen atoms in total. The SMILES string of the molecule is O=C(NCc1ccccn1)c1cc2c3c(c1)CCN3C(=O)CC2. The number of hydrogen-bond acceptors (Lipinski definition) is 3. The Morgan fingerprint density at radius 2 is 2.00 bits per heavy atom. The minimum atomic E-state index is -0.0925. The molecule has 0 spiro atoms. The quantitative estimate of drug-likeness (QED) is 0.941. The van der Waals surface area contributed by atoms with Gasteiger partial charge in [0.2, 0.25) is 5.91 Å². The van der Waals surface area contributed by atoms with Crippen LogP contribution in [0.2, 0.25) is 0 Å². The summed E-state index contributed by atoms with van der Waals surface area (Å²) in [4.78, 5) is 30.4. The zero-order valence-electron chi connectivity index (χ0n) is 12.7. The van der Waals surface area contributed by atoms with E-state index in [0.29, 0.717) is 18.5 Å². The minimum Gasteiger partial charge on any atom is -0.346 e. The van der Waals surface area contributed by atoms with E-state index in [4.69, 9.17) is 0 Å². The summed E-state index contributed by atoms with van der Waals surface area (Å²) >= 11 is 0. The number of amides is 2. The average molecular weight is 307 g/mol. The van der Waals surface area contributed by atoms with E-state index in [-0.39, 0.29) is 11.8 Å². The van der Waals surface area contributed by atoms with Crippen LogP contribution in [-0.4, -0.2) is 23.3 Å². The fourth-order valence-electron chi connectivity index (χ4n) is 3.36. The Labute approximate surface area is 134 Å². The molecule has 0 radical (unpaired) electrons. The predicted molar refractivity (Wildman–Crippen MR) is 86.2 cm³/mol. The first-order valence-electron chi connectivity index (χ1n) is 7.86. The fraction of sp³-hybridized carbons (Fsp3) is 0.278. The highest BCUT2D eigenvalue weighted by Crippen LogP contribution is 2.37. The van der Waals surface area contributed by atoms with Gasteiger partial charge in [-0.25, -0.2) is 0 Å². The number of carbonyl (C=O) groups excluding carboxylic acids is 2. The number of aryl methyl sites for hydroxylation is 1. The largest absolute Gasteiger partial charge is 0.346 e. The maximum Gasteiger partial charge on any atom is 0.251 e. The molecular weight excluding hydrogens is 290 g/mol. The van der Waals surface area contributed by atoms with Crippen molar-refractivity contribution in [2.75, 3.05) is 11.4 Å². The molecular formula is C18H17N3O2. The van der Waals surface area contributed by atoms with Gasteiger partial charge in [0.1, 0.15) is 0 Å². The summed E-state index contributed by atoms with van der Waals surface area (Å²) in [6.07, 6.45) is 3.80. The third-order valence-corrected chi connectivity index (χ3v) is 4.47. The van der Waals surface area contributed by atoms with E-state index in [2.05, 4.69) is 10.3 Å². The van der Waals surface area contributed by atoms with Crippen LogP contribution < -0.4 is 10.2 Å². The van der Waals surface area contributed by atoms with Gasteiger partial charge in [-0.2, -0.15) is 0 Å². The third kappa shape index (κ3) is 2.48. The van der Waals surface area contributed by atoms with E-state index in [9.17, 15) is 9.59 Å². The Balaban J connectivity index is 1.56. The molecule has 1 N–H and O–H groups in total. The zero-order chi connectivity index (χ0) is 15.8. The average Bonchev–Trinajstić information content (AvgIpc) is 3.02. The summed E-state index contributed by atoms with van der Waals surface area (Å²) in [7, 11) is 0. The van der Waals surface area contributed by atoms with Gasteiger partial charge in [0.25, 0.3) is 5.91 Å². The Kier molecular flexibility index (Phi) is 3.33. The highest BCUT2D eigenvalue weighted by Gasteiger charge is 2.31. The number of rotatable bonds is 3. The van der Waals surface area contributed by atoms with E-state index in [1.54, 1.807) is 6.20 Å². The number of hydrogen-bond donors (Lipinski definition) is 1. The first-order chi connectivity index (χ1) is 11.2. The van der Waals surface area contributed by atoms with Crippen molar-refractivity contribution in [3.63, 3.8) is 0 Å². The van der Waals surface area contributed by atoms with Crippen LogP contribution in [0.4, 0.5) is 5.69 Å². The molecule has 1 aromatic heterocycles. The number of nitrogens with zero attached hydrogens (tertiary/aromatic N) is 2. The molecule has 2 aromatic rings. The Bertz CT molecular complexity index is 786. The zero-order valence-corrected chi connectivity index (χ0v) is 12.7. The van der Waals surface area contributed by atoms with Gasteiger partial charge in [-0.3, -0.25) is 14.6 Å². The van der Waals surface area contributed by atoms with Crippen molar-refractivity contribution >= 4 is 17.5 Å². The molecule has 0 fully saturated rings. The maximum absolute atomic E-state index is 12.4. The Morgan fingerprint density at radius 3 is 2.78 bits per heavy atom. The van der Waals surface area contributed by atoms with Crippen LogP contribution in [0.15, 0.2) is 36.5 Å². The number of pyridine rings is 1. The van der Waals surface area contributed by atoms with Crippen molar-refractivity contribution < 1.29 is 9.59 Å². The van der Waals surface area contributed by atoms with E-state index in [0.717, 1.165) is 41.9 Å². The molecule has 0 saturated carbocycles. The summed E-state index contributed by atoms with van der Waals surface area (Å²) in [5.41, 5.74) is 4.77. The molecule has 0 bridgehead atoms. The number of benzene rings is 1. The standard InChI is InChI=1S/C18H17N3O2/c22-16-5-4-12-9-14(10-13-6-8-21(16)17(12)13)18(23)20-11-15-3-1-2-7-19-15/h1-3,7,9-10H,4-6,8,11H2,(H,20,23). The molecule has 5 heteroatoms. The first kappa shape index (κ1) is 13.9. The second kappa shape index (κ2) is 5.50. The monoisotopic (exact) mass is 307 g/mol. The van der Waals surface area contributed by atoms with Gasteiger partial charge in [-0.15, -0.1) is 0 Å². The first-order valence-corrected chi connectivity index (χ1v) is 7.86. The Hall–Kier alpha value is -2.69. The second-order valence-corrected chi connectivity index (χ2v) is 5.94. The van der Waals surface area contributed by atoms with Crippen LogP contribution >= 0.6 is 0 Å². The molecule has 23 heavy (non-hydrogen) atoms. The normalized spacial score (nSPS) is 15.5. The van der Waals surface area contributed by atoms with Crippen molar-refractivity contribution in [2.45, 2.75) is 25.8 Å². The van der Waals surface area contributed by atoms with Crippen molar-refractivity contribution in [3.8, 4) is 0 Å². The number of aromatic nitrogens is 1. The summed E-state index contributed by atoms with van der Waals surface area (Å²) in [6, 6.07) is 9.49. The molecule has 2 aliphatic rings. The van der Waals surface area contributed by atoms with Crippen molar-refractivity contribution in [3.05, 3.63) is 58.9 Å². The van der Waals surface area contributed by atoms with Gasteiger partial charge in [0.05, 0.1) is 17.9 Å². The van der Waals surface area contributed by atoms with Gasteiger partial charge in [-0.1, -0.05) is 6.07 Å².